The molecule has 1 atom stereocenters. The van der Waals surface area contributed by atoms with E-state index in [0.717, 1.165) is 12.0 Å². The quantitative estimate of drug-likeness (QED) is 0.673. The van der Waals surface area contributed by atoms with Crippen LogP contribution in [-0.2, 0) is 10.2 Å². The van der Waals surface area contributed by atoms with Crippen molar-refractivity contribution in [1.29, 1.82) is 5.26 Å². The van der Waals surface area contributed by atoms with Gasteiger partial charge in [-0.15, -0.1) is 0 Å². The summed E-state index contributed by atoms with van der Waals surface area (Å²) in [6.45, 7) is 6.21. The lowest BCUT2D eigenvalue weighted by atomic mass is 9.69. The molecule has 0 N–H and O–H groups in total. The molecule has 0 saturated heterocycles. The van der Waals surface area contributed by atoms with Crippen molar-refractivity contribution in [1.82, 2.24) is 4.90 Å². The molecule has 0 saturated carbocycles. The minimum absolute atomic E-state index is 0.0184. The highest BCUT2D eigenvalue weighted by atomic mass is 16.5. The summed E-state index contributed by atoms with van der Waals surface area (Å²) in [5.74, 6) is 1.65. The van der Waals surface area contributed by atoms with Crippen molar-refractivity contribution >= 4 is 5.91 Å². The van der Waals surface area contributed by atoms with Crippen LogP contribution in [0.2, 0.25) is 0 Å². The van der Waals surface area contributed by atoms with Gasteiger partial charge in [0, 0.05) is 20.5 Å². The molecule has 0 aliphatic carbocycles. The molecule has 0 aliphatic rings. The highest BCUT2D eigenvalue weighted by Gasteiger charge is 2.37. The van der Waals surface area contributed by atoms with E-state index in [1.54, 1.807) is 40.2 Å². The van der Waals surface area contributed by atoms with Gasteiger partial charge in [-0.05, 0) is 36.5 Å². The number of rotatable bonds is 9. The summed E-state index contributed by atoms with van der Waals surface area (Å²) in [6, 6.07) is 6.21. The third-order valence-electron chi connectivity index (χ3n) is 4.97. The fourth-order valence-electron chi connectivity index (χ4n) is 3.11. The lowest BCUT2D eigenvalue weighted by Crippen LogP contribution is -2.33. The summed E-state index contributed by atoms with van der Waals surface area (Å²) in [5.41, 5.74) is 0.111. The maximum absolute atomic E-state index is 11.4. The van der Waals surface area contributed by atoms with E-state index in [1.165, 1.54) is 0 Å². The SMILES string of the molecule is COc1cc(C(C#N)(CCCN(C)C(C)=O)C(C)C)cc(OC)c1OC. The lowest BCUT2D eigenvalue weighted by molar-refractivity contribution is -0.127. The molecule has 6 nitrogen and oxygen atoms in total. The highest BCUT2D eigenvalue weighted by molar-refractivity contribution is 5.72. The molecule has 0 bridgehead atoms. The summed E-state index contributed by atoms with van der Waals surface area (Å²) in [7, 11) is 6.45. The molecule has 0 fully saturated rings. The van der Waals surface area contributed by atoms with E-state index in [-0.39, 0.29) is 11.8 Å². The van der Waals surface area contributed by atoms with Crippen molar-refractivity contribution in [3.8, 4) is 23.3 Å². The Bertz CT molecular complexity index is 641. The predicted molar refractivity (Wildman–Crippen MR) is 101 cm³/mol. The molecule has 1 amide bonds. The van der Waals surface area contributed by atoms with Gasteiger partial charge in [-0.25, -0.2) is 0 Å². The van der Waals surface area contributed by atoms with Crippen LogP contribution in [0.1, 0.15) is 39.2 Å². The molecule has 6 heteroatoms. The van der Waals surface area contributed by atoms with Crippen LogP contribution < -0.4 is 14.2 Å². The normalized spacial score (nSPS) is 12.9. The molecular formula is C20H30N2O4. The van der Waals surface area contributed by atoms with Crippen LogP contribution in [0.15, 0.2) is 12.1 Å². The van der Waals surface area contributed by atoms with Crippen LogP contribution in [0, 0.1) is 17.2 Å². The zero-order chi connectivity index (χ0) is 19.9. The second kappa shape index (κ2) is 9.33. The first-order chi connectivity index (χ1) is 12.3. The molecule has 1 aromatic carbocycles. The topological polar surface area (TPSA) is 71.8 Å². The molecule has 0 radical (unpaired) electrons. The molecule has 26 heavy (non-hydrogen) atoms. The van der Waals surface area contributed by atoms with Crippen LogP contribution >= 0.6 is 0 Å². The van der Waals surface area contributed by atoms with Crippen LogP contribution in [0.5, 0.6) is 17.2 Å². The Labute approximate surface area is 156 Å². The number of amides is 1. The van der Waals surface area contributed by atoms with E-state index >= 15 is 0 Å². The van der Waals surface area contributed by atoms with Gasteiger partial charge in [0.1, 0.15) is 0 Å². The van der Waals surface area contributed by atoms with Crippen LogP contribution in [0.4, 0.5) is 0 Å². The second-order valence-electron chi connectivity index (χ2n) is 6.70. The number of nitrogens with zero attached hydrogens (tertiary/aromatic N) is 2. The predicted octanol–water partition coefficient (Wildman–Crippen LogP) is 3.39. The largest absolute Gasteiger partial charge is 0.493 e. The molecule has 0 aliphatic heterocycles. The molecule has 0 aromatic heterocycles. The molecule has 0 heterocycles. The fraction of sp³-hybridized carbons (Fsp3) is 0.600. The molecule has 1 unspecified atom stereocenters. The van der Waals surface area contributed by atoms with Gasteiger partial charge in [-0.1, -0.05) is 13.8 Å². The maximum Gasteiger partial charge on any atom is 0.219 e. The number of carbonyl (C=O) groups is 1. The zero-order valence-corrected chi connectivity index (χ0v) is 16.9. The van der Waals surface area contributed by atoms with Crippen LogP contribution in [0.25, 0.3) is 0 Å². The van der Waals surface area contributed by atoms with Crippen molar-refractivity contribution in [2.75, 3.05) is 34.9 Å². The minimum atomic E-state index is -0.718. The van der Waals surface area contributed by atoms with Crippen LogP contribution in [-0.4, -0.2) is 45.7 Å². The van der Waals surface area contributed by atoms with E-state index in [1.807, 2.05) is 26.0 Å². The fourth-order valence-corrected chi connectivity index (χ4v) is 3.11. The summed E-state index contributed by atoms with van der Waals surface area (Å²) in [6.07, 6.45) is 1.34. The highest BCUT2D eigenvalue weighted by Crippen LogP contribution is 2.45. The first-order valence-electron chi connectivity index (χ1n) is 8.70. The third kappa shape index (κ3) is 4.40. The minimum Gasteiger partial charge on any atom is -0.493 e. The average molecular weight is 362 g/mol. The van der Waals surface area contributed by atoms with Gasteiger partial charge >= 0.3 is 0 Å². The second-order valence-corrected chi connectivity index (χ2v) is 6.70. The van der Waals surface area contributed by atoms with Gasteiger partial charge in [0.2, 0.25) is 11.7 Å². The van der Waals surface area contributed by atoms with E-state index in [4.69, 9.17) is 14.2 Å². The van der Waals surface area contributed by atoms with E-state index in [2.05, 4.69) is 6.07 Å². The number of benzene rings is 1. The Hall–Kier alpha value is -2.42. The van der Waals surface area contributed by atoms with Gasteiger partial charge in [0.15, 0.2) is 11.5 Å². The third-order valence-corrected chi connectivity index (χ3v) is 4.97. The molecule has 144 valence electrons. The molecular weight excluding hydrogens is 332 g/mol. The van der Waals surface area contributed by atoms with Crippen molar-refractivity contribution in [3.05, 3.63) is 17.7 Å². The number of hydrogen-bond acceptors (Lipinski definition) is 5. The Kier molecular flexibility index (Phi) is 7.76. The molecule has 1 aromatic rings. The number of carbonyl (C=O) groups excluding carboxylic acids is 1. The number of nitriles is 1. The van der Waals surface area contributed by atoms with Crippen molar-refractivity contribution in [3.63, 3.8) is 0 Å². The summed E-state index contributed by atoms with van der Waals surface area (Å²) < 4.78 is 16.3. The van der Waals surface area contributed by atoms with Gasteiger partial charge in [0.25, 0.3) is 0 Å². The summed E-state index contributed by atoms with van der Waals surface area (Å²) >= 11 is 0. The first-order valence-corrected chi connectivity index (χ1v) is 8.70. The Balaban J connectivity index is 3.32. The summed E-state index contributed by atoms with van der Waals surface area (Å²) in [4.78, 5) is 13.1. The molecule has 0 spiro atoms. The van der Waals surface area contributed by atoms with Gasteiger partial charge in [-0.3, -0.25) is 4.79 Å². The van der Waals surface area contributed by atoms with Gasteiger partial charge in [-0.2, -0.15) is 5.26 Å². The number of hydrogen-bond donors (Lipinski definition) is 0. The first kappa shape index (κ1) is 21.6. The van der Waals surface area contributed by atoms with E-state index in [0.29, 0.717) is 30.2 Å². The summed E-state index contributed by atoms with van der Waals surface area (Å²) in [5, 5.41) is 10.1. The monoisotopic (exact) mass is 362 g/mol. The standard InChI is InChI=1S/C20H30N2O4/c1-14(2)20(13-21,9-8-10-22(4)15(3)23)16-11-17(24-5)19(26-7)18(12-16)25-6/h11-12,14H,8-10H2,1-7H3. The van der Waals surface area contributed by atoms with E-state index in [9.17, 15) is 10.1 Å². The van der Waals surface area contributed by atoms with E-state index < -0.39 is 5.41 Å². The van der Waals surface area contributed by atoms with Crippen molar-refractivity contribution in [2.24, 2.45) is 5.92 Å². The Morgan fingerprint density at radius 3 is 2.08 bits per heavy atom. The van der Waals surface area contributed by atoms with Gasteiger partial charge < -0.3 is 19.1 Å². The van der Waals surface area contributed by atoms with Gasteiger partial charge in [0.05, 0.1) is 32.8 Å². The number of methoxy groups -OCH3 is 3. The smallest absolute Gasteiger partial charge is 0.219 e. The number of ether oxygens (including phenoxy) is 3. The maximum atomic E-state index is 11.4. The van der Waals surface area contributed by atoms with Crippen molar-refractivity contribution < 1.29 is 19.0 Å². The zero-order valence-electron chi connectivity index (χ0n) is 16.9. The lowest BCUT2D eigenvalue weighted by Gasteiger charge is -2.33. The Morgan fingerprint density at radius 1 is 1.19 bits per heavy atom. The Morgan fingerprint density at radius 2 is 1.73 bits per heavy atom. The van der Waals surface area contributed by atoms with Crippen molar-refractivity contribution in [2.45, 2.75) is 39.0 Å². The molecule has 1 rings (SSSR count). The van der Waals surface area contributed by atoms with Crippen LogP contribution in [0.3, 0.4) is 0 Å². The average Bonchev–Trinajstić information content (AvgIpc) is 2.63.